The van der Waals surface area contributed by atoms with Crippen LogP contribution in [0.4, 0.5) is 15.3 Å². The molecule has 64 heavy (non-hydrogen) atoms. The third-order valence-corrected chi connectivity index (χ3v) is 9.29. The number of amides is 2. The Morgan fingerprint density at radius 3 is 1.83 bits per heavy atom. The number of alkyl carbamates (subject to hydrolysis) is 1. The number of hydrogen-bond acceptors (Lipinski definition) is 11. The first-order valence-electron chi connectivity index (χ1n) is 23.5. The van der Waals surface area contributed by atoms with Crippen LogP contribution in [0.15, 0.2) is 73.3 Å². The maximum atomic E-state index is 12.0. The summed E-state index contributed by atoms with van der Waals surface area (Å²) in [5, 5.41) is 17.9. The lowest BCUT2D eigenvalue weighted by molar-refractivity contribution is -0.384. The van der Waals surface area contributed by atoms with Crippen LogP contribution in [0.1, 0.15) is 130 Å². The topological polar surface area (TPSA) is 223 Å². The molecule has 6 N–H and O–H groups in total. The fourth-order valence-corrected chi connectivity index (χ4v) is 6.26. The number of hydrogen-bond donors (Lipinski definition) is 5. The van der Waals surface area contributed by atoms with Crippen molar-refractivity contribution in [3.05, 3.63) is 94.6 Å². The third kappa shape index (κ3) is 22.5. The average molecular weight is 894 g/mol. The number of aryl methyl sites for hydroxylation is 1. The Morgan fingerprint density at radius 2 is 1.34 bits per heavy atom. The van der Waals surface area contributed by atoms with Gasteiger partial charge in [0.15, 0.2) is 0 Å². The van der Waals surface area contributed by atoms with Crippen molar-refractivity contribution in [3.63, 3.8) is 0 Å². The first-order chi connectivity index (χ1) is 31.5. The van der Waals surface area contributed by atoms with Gasteiger partial charge in [0.1, 0.15) is 28.4 Å². The number of ether oxygens (including phenoxy) is 2. The van der Waals surface area contributed by atoms with E-state index in [4.69, 9.17) is 17.9 Å². The highest BCUT2D eigenvalue weighted by molar-refractivity contribution is 5.82. The Labute approximate surface area is 383 Å². The van der Waals surface area contributed by atoms with E-state index in [0.717, 1.165) is 71.8 Å². The molecule has 0 unspecified atom stereocenters. The number of aromatic amines is 2. The third-order valence-electron chi connectivity index (χ3n) is 9.29. The summed E-state index contributed by atoms with van der Waals surface area (Å²) in [5.74, 6) is 0.530. The maximum Gasteiger partial charge on any atom is 0.412 e. The molecule has 0 saturated carbocycles. The van der Waals surface area contributed by atoms with Crippen molar-refractivity contribution in [1.29, 1.82) is 0 Å². The number of pyridine rings is 2. The molecule has 0 aliphatic heterocycles. The van der Waals surface area contributed by atoms with Crippen LogP contribution < -0.4 is 21.1 Å². The molecule has 4 aromatic heterocycles. The normalized spacial score (nSPS) is 10.8. The summed E-state index contributed by atoms with van der Waals surface area (Å²) < 4.78 is 21.6. The standard InChI is InChI=1S/C19H27N3O3.C11H14N2O4.C8H9N3.C8H19N.2CH4/c1-19(2,3)25-18(24)22-11-5-4-6-15(23)8-7-14-9-12-20-17-16(14)10-13-21-17;1-2-3-8-12-11(14)17-10-6-4-9(5-7-10)13(15)16;9-5-6-1-3-10-8-7(6)2-4-11-8;1-6-9(7(2)3)8(4)5;;/h9-10,12-13H,4-8,11H2,1-3H3,(H,20,21)(H,22,24);4-7H,2-3,8H2,1H3,(H,12,14);1-4H,5,9H2,(H,10,11);7-8H,6H2,1-5H3;2*1H4/i;;;;2*1D. The lowest BCUT2D eigenvalue weighted by Crippen LogP contribution is -2.36. The lowest BCUT2D eigenvalue weighted by atomic mass is 10.0. The molecule has 0 aliphatic carbocycles. The molecule has 356 valence electrons. The molecule has 5 rings (SSSR count). The van der Waals surface area contributed by atoms with Crippen LogP contribution in [0.2, 0.25) is 0 Å². The van der Waals surface area contributed by atoms with Gasteiger partial charge >= 0.3 is 12.2 Å². The van der Waals surface area contributed by atoms with Crippen molar-refractivity contribution in [2.24, 2.45) is 5.73 Å². The van der Waals surface area contributed by atoms with Crippen LogP contribution in [0.25, 0.3) is 22.1 Å². The predicted molar refractivity (Wildman–Crippen MR) is 260 cm³/mol. The van der Waals surface area contributed by atoms with Gasteiger partial charge in [0.05, 0.1) is 4.92 Å². The Hall–Kier alpha value is -5.87. The molecule has 0 radical (unpaired) electrons. The summed E-state index contributed by atoms with van der Waals surface area (Å²) >= 11 is 0. The van der Waals surface area contributed by atoms with Crippen LogP contribution in [-0.2, 0) is 22.5 Å². The van der Waals surface area contributed by atoms with E-state index in [1.807, 2.05) is 64.4 Å². The van der Waals surface area contributed by atoms with E-state index >= 15 is 0 Å². The monoisotopic (exact) mass is 894 g/mol. The van der Waals surface area contributed by atoms with Crippen molar-refractivity contribution in [2.45, 2.75) is 146 Å². The Morgan fingerprint density at radius 1 is 0.812 bits per heavy atom. The van der Waals surface area contributed by atoms with Gasteiger partial charge < -0.3 is 35.8 Å². The number of nitro groups is 1. The Kier molecular flexibility index (Phi) is 26.3. The molecule has 0 bridgehead atoms. The number of carbonyl (C=O) groups excluding carboxylic acids is 3. The number of non-ortho nitro benzene ring substituents is 1. The predicted octanol–water partition coefficient (Wildman–Crippen LogP) is 10.7. The number of benzene rings is 1. The average Bonchev–Trinajstić information content (AvgIpc) is 3.98. The minimum atomic E-state index is -0.549. The van der Waals surface area contributed by atoms with Crippen molar-refractivity contribution >= 4 is 45.7 Å². The molecule has 16 heteroatoms. The number of nitrogens with one attached hydrogen (secondary N) is 4. The van der Waals surface area contributed by atoms with Crippen molar-refractivity contribution in [1.82, 2.24) is 35.5 Å². The number of nitro benzene ring substituents is 1. The molecular formula is C48H77N9O7. The molecule has 1 aromatic carbocycles. The molecule has 0 aliphatic rings. The van der Waals surface area contributed by atoms with Gasteiger partial charge in [-0.3, -0.25) is 19.8 Å². The highest BCUT2D eigenvalue weighted by atomic mass is 16.6. The number of H-pyrrole nitrogens is 2. The number of nitrogens with zero attached hydrogens (tertiary/aromatic N) is 4. The minimum Gasteiger partial charge on any atom is -0.444 e. The van der Waals surface area contributed by atoms with Crippen molar-refractivity contribution in [2.75, 3.05) is 19.6 Å². The molecule has 0 fully saturated rings. The van der Waals surface area contributed by atoms with E-state index in [1.54, 1.807) is 12.4 Å². The molecule has 0 spiro atoms. The van der Waals surface area contributed by atoms with Gasteiger partial charge in [-0.25, -0.2) is 19.6 Å². The summed E-state index contributed by atoms with van der Waals surface area (Å²) in [6.07, 6.45) is 11.5. The number of unbranched alkanes of at least 4 members (excludes halogenated alkanes) is 2. The number of rotatable bonds is 17. The van der Waals surface area contributed by atoms with E-state index in [1.165, 1.54) is 39.1 Å². The molecule has 0 atom stereocenters. The summed E-state index contributed by atoms with van der Waals surface area (Å²) in [5.41, 5.74) is 9.06. The SMILES string of the molecule is CC(C)(C)OC(=O)NCCCCC(=O)CCc1ccnc2[nH]ccc12.CCCCNC(=O)Oc1ccc([N+](=O)[O-])cc1.CCN(C(C)C)C(C)C.NCc1ccnc2[nH]ccc12.[2H]C.[2H]C. The zero-order chi connectivity index (χ0) is 50.1. The Balaban J connectivity index is 0.000000891. The molecule has 2 amide bonds. The van der Waals surface area contributed by atoms with Gasteiger partial charge in [-0.1, -0.05) is 35.1 Å². The fraction of sp³-hybridized carbons (Fsp3) is 0.521. The highest BCUT2D eigenvalue weighted by Crippen LogP contribution is 2.19. The van der Waals surface area contributed by atoms with E-state index in [9.17, 15) is 24.5 Å². The largest absolute Gasteiger partial charge is 0.444 e. The second-order valence-corrected chi connectivity index (χ2v) is 16.0. The number of carbonyl (C=O) groups is 3. The smallest absolute Gasteiger partial charge is 0.412 e. The first-order valence-corrected chi connectivity index (χ1v) is 21.5. The summed E-state index contributed by atoms with van der Waals surface area (Å²) in [6.45, 7) is 21.5. The second kappa shape index (κ2) is 31.1. The Bertz CT molecular complexity index is 2080. The molecule has 5 aromatic rings. The number of fused-ring (bicyclic) bond motifs is 2. The van der Waals surface area contributed by atoms with Crippen LogP contribution in [-0.4, -0.2) is 85.0 Å². The van der Waals surface area contributed by atoms with Gasteiger partial charge in [-0.05, 0) is 128 Å². The fourth-order valence-electron chi connectivity index (χ4n) is 6.26. The number of Topliss-reactive ketones (excluding diaryl/α,β-unsaturated/α-hetero) is 1. The van der Waals surface area contributed by atoms with Gasteiger partial charge in [0.25, 0.3) is 5.69 Å². The van der Waals surface area contributed by atoms with Crippen LogP contribution in [0.3, 0.4) is 0 Å². The maximum absolute atomic E-state index is 12.0. The van der Waals surface area contributed by atoms with Crippen molar-refractivity contribution < 1.29 is 31.5 Å². The first kappa shape index (κ1) is 54.3. The van der Waals surface area contributed by atoms with E-state index < -0.39 is 22.7 Å². The van der Waals surface area contributed by atoms with Gasteiger partial charge in [0.2, 0.25) is 0 Å². The second-order valence-electron chi connectivity index (χ2n) is 16.0. The molecule has 16 nitrogen and oxygen atoms in total. The summed E-state index contributed by atoms with van der Waals surface area (Å²) in [6, 6.07) is 14.6. The summed E-state index contributed by atoms with van der Waals surface area (Å²) in [7, 11) is 2.50. The molecule has 4 heterocycles. The van der Waals surface area contributed by atoms with Crippen LogP contribution in [0.5, 0.6) is 5.75 Å². The van der Waals surface area contributed by atoms with E-state index in [0.29, 0.717) is 44.6 Å². The van der Waals surface area contributed by atoms with Crippen LogP contribution >= 0.6 is 0 Å². The van der Waals surface area contributed by atoms with Crippen LogP contribution in [0, 0.1) is 10.1 Å². The number of nitrogens with two attached hydrogens (primary N) is 1. The van der Waals surface area contributed by atoms with Crippen molar-refractivity contribution in [3.8, 4) is 5.75 Å². The lowest BCUT2D eigenvalue weighted by Gasteiger charge is -2.28. The van der Waals surface area contributed by atoms with Gasteiger partial charge in [-0.15, -0.1) is 0 Å². The number of ketones is 1. The quantitative estimate of drug-likeness (QED) is 0.0335. The molecular weight excluding hydrogens is 815 g/mol. The highest BCUT2D eigenvalue weighted by Gasteiger charge is 2.16. The van der Waals surface area contributed by atoms with Gasteiger partial charge in [0, 0.05) is 95.0 Å². The van der Waals surface area contributed by atoms with E-state index in [2.05, 4.69) is 70.1 Å². The zero-order valence-electron chi connectivity index (χ0n) is 42.1. The minimum absolute atomic E-state index is 0.0382. The zero-order valence-corrected chi connectivity index (χ0v) is 40.1. The molecule has 0 saturated heterocycles. The number of aromatic nitrogens is 4. The summed E-state index contributed by atoms with van der Waals surface area (Å²) in [4.78, 5) is 61.6. The van der Waals surface area contributed by atoms with Gasteiger partial charge in [-0.2, -0.15) is 0 Å². The van der Waals surface area contributed by atoms with E-state index in [-0.39, 0.29) is 17.2 Å².